The van der Waals surface area contributed by atoms with Gasteiger partial charge < -0.3 is 9.84 Å². The third kappa shape index (κ3) is 4.04. The quantitative estimate of drug-likeness (QED) is 0.843. The molecule has 0 saturated carbocycles. The topological polar surface area (TPSA) is 88.5 Å². The molecule has 0 fully saturated rings. The van der Waals surface area contributed by atoms with Crippen molar-refractivity contribution < 1.29 is 19.4 Å². The lowest BCUT2D eigenvalue weighted by Crippen LogP contribution is -2.27. The summed E-state index contributed by atoms with van der Waals surface area (Å²) in [6, 6.07) is 1.48. The van der Waals surface area contributed by atoms with Gasteiger partial charge in [-0.15, -0.1) is 0 Å². The molecule has 0 unspecified atom stereocenters. The van der Waals surface area contributed by atoms with Crippen molar-refractivity contribution in [2.75, 3.05) is 5.32 Å². The SMILES string of the molecule is Cc1cc(NC(=O)OC(C)(C)C)ncc1C(=O)O. The van der Waals surface area contributed by atoms with Crippen molar-refractivity contribution in [1.29, 1.82) is 0 Å². The first-order valence-electron chi connectivity index (χ1n) is 5.39. The number of anilines is 1. The summed E-state index contributed by atoms with van der Waals surface area (Å²) < 4.78 is 5.05. The maximum absolute atomic E-state index is 11.5. The second-order valence-corrected chi connectivity index (χ2v) is 4.82. The van der Waals surface area contributed by atoms with Crippen LogP contribution >= 0.6 is 0 Å². The molecule has 2 N–H and O–H groups in total. The largest absolute Gasteiger partial charge is 0.478 e. The molecule has 1 rings (SSSR count). The van der Waals surface area contributed by atoms with E-state index < -0.39 is 17.7 Å². The molecule has 0 spiro atoms. The normalized spacial score (nSPS) is 10.9. The number of carbonyl (C=O) groups excluding carboxylic acids is 1. The van der Waals surface area contributed by atoms with Crippen LogP contribution in [0.5, 0.6) is 0 Å². The summed E-state index contributed by atoms with van der Waals surface area (Å²) in [7, 11) is 0. The van der Waals surface area contributed by atoms with Crippen LogP contribution < -0.4 is 5.32 Å². The predicted octanol–water partition coefficient (Wildman–Crippen LogP) is 2.44. The average molecular weight is 252 g/mol. The first-order chi connectivity index (χ1) is 8.19. The molecule has 6 heteroatoms. The van der Waals surface area contributed by atoms with E-state index in [-0.39, 0.29) is 11.4 Å². The van der Waals surface area contributed by atoms with Crippen molar-refractivity contribution in [1.82, 2.24) is 4.98 Å². The van der Waals surface area contributed by atoms with Gasteiger partial charge in [0.1, 0.15) is 11.4 Å². The Labute approximate surface area is 105 Å². The van der Waals surface area contributed by atoms with Crippen molar-refractivity contribution in [2.45, 2.75) is 33.3 Å². The number of nitrogens with zero attached hydrogens (tertiary/aromatic N) is 1. The van der Waals surface area contributed by atoms with Crippen molar-refractivity contribution in [3.63, 3.8) is 0 Å². The van der Waals surface area contributed by atoms with Gasteiger partial charge in [0, 0.05) is 6.20 Å². The van der Waals surface area contributed by atoms with Gasteiger partial charge in [-0.2, -0.15) is 0 Å². The second-order valence-electron chi connectivity index (χ2n) is 4.82. The van der Waals surface area contributed by atoms with Gasteiger partial charge in [0.05, 0.1) is 5.56 Å². The minimum absolute atomic E-state index is 0.102. The number of aromatic nitrogens is 1. The fourth-order valence-electron chi connectivity index (χ4n) is 1.26. The maximum atomic E-state index is 11.5. The summed E-state index contributed by atoms with van der Waals surface area (Å²) in [5.41, 5.74) is 0.0217. The first kappa shape index (κ1) is 14.0. The van der Waals surface area contributed by atoms with Crippen LogP contribution in [-0.2, 0) is 4.74 Å². The van der Waals surface area contributed by atoms with E-state index in [1.807, 2.05) is 0 Å². The molecule has 1 amide bonds. The van der Waals surface area contributed by atoms with Crippen LogP contribution in [0.15, 0.2) is 12.3 Å². The van der Waals surface area contributed by atoms with E-state index in [2.05, 4.69) is 10.3 Å². The highest BCUT2D eigenvalue weighted by Gasteiger charge is 2.17. The Hall–Kier alpha value is -2.11. The van der Waals surface area contributed by atoms with Crippen molar-refractivity contribution in [3.8, 4) is 0 Å². The molecule has 0 saturated heterocycles. The number of pyridine rings is 1. The molecule has 1 aromatic heterocycles. The summed E-state index contributed by atoms with van der Waals surface area (Å²) in [4.78, 5) is 26.1. The maximum Gasteiger partial charge on any atom is 0.413 e. The first-order valence-corrected chi connectivity index (χ1v) is 5.39. The number of aromatic carboxylic acids is 1. The highest BCUT2D eigenvalue weighted by atomic mass is 16.6. The average Bonchev–Trinajstić information content (AvgIpc) is 2.13. The molecule has 0 aliphatic rings. The van der Waals surface area contributed by atoms with E-state index in [1.165, 1.54) is 12.3 Å². The van der Waals surface area contributed by atoms with E-state index in [0.29, 0.717) is 5.56 Å². The summed E-state index contributed by atoms with van der Waals surface area (Å²) in [5.74, 6) is -0.796. The van der Waals surface area contributed by atoms with Gasteiger partial charge in [-0.3, -0.25) is 5.32 Å². The molecule has 1 aromatic rings. The highest BCUT2D eigenvalue weighted by Crippen LogP contribution is 2.13. The lowest BCUT2D eigenvalue weighted by atomic mass is 10.1. The molecular formula is C12H16N2O4. The number of rotatable bonds is 2. The van der Waals surface area contributed by atoms with E-state index in [4.69, 9.17) is 9.84 Å². The van der Waals surface area contributed by atoms with Crippen LogP contribution in [-0.4, -0.2) is 27.8 Å². The van der Waals surface area contributed by atoms with Gasteiger partial charge in [-0.25, -0.2) is 14.6 Å². The lowest BCUT2D eigenvalue weighted by Gasteiger charge is -2.19. The van der Waals surface area contributed by atoms with E-state index in [9.17, 15) is 9.59 Å². The second kappa shape index (κ2) is 5.03. The summed E-state index contributed by atoms with van der Waals surface area (Å²) in [6.07, 6.45) is 0.571. The number of amides is 1. The molecule has 6 nitrogen and oxygen atoms in total. The molecule has 0 bridgehead atoms. The fraction of sp³-hybridized carbons (Fsp3) is 0.417. The van der Waals surface area contributed by atoms with Crippen molar-refractivity contribution >= 4 is 17.9 Å². The molecule has 1 heterocycles. The Morgan fingerprint density at radius 3 is 2.44 bits per heavy atom. The Balaban J connectivity index is 2.78. The van der Waals surface area contributed by atoms with Crippen LogP contribution in [0.25, 0.3) is 0 Å². The van der Waals surface area contributed by atoms with Crippen molar-refractivity contribution in [2.24, 2.45) is 0 Å². The van der Waals surface area contributed by atoms with Crippen LogP contribution in [0.3, 0.4) is 0 Å². The van der Waals surface area contributed by atoms with Gasteiger partial charge in [-0.05, 0) is 39.3 Å². The zero-order valence-electron chi connectivity index (χ0n) is 10.8. The third-order valence-electron chi connectivity index (χ3n) is 1.97. The molecule has 0 aliphatic carbocycles. The number of hydrogen-bond donors (Lipinski definition) is 2. The minimum Gasteiger partial charge on any atom is -0.478 e. The molecule has 18 heavy (non-hydrogen) atoms. The van der Waals surface area contributed by atoms with Crippen molar-refractivity contribution in [3.05, 3.63) is 23.4 Å². The van der Waals surface area contributed by atoms with Crippen LogP contribution in [0.4, 0.5) is 10.6 Å². The zero-order valence-corrected chi connectivity index (χ0v) is 10.8. The Morgan fingerprint density at radius 1 is 1.39 bits per heavy atom. The van der Waals surface area contributed by atoms with E-state index >= 15 is 0 Å². The van der Waals surface area contributed by atoms with Crippen LogP contribution in [0.2, 0.25) is 0 Å². The van der Waals surface area contributed by atoms with E-state index in [0.717, 1.165) is 0 Å². The van der Waals surface area contributed by atoms with Gasteiger partial charge in [0.25, 0.3) is 0 Å². The smallest absolute Gasteiger partial charge is 0.413 e. The number of carboxylic acid groups (broad SMARTS) is 1. The van der Waals surface area contributed by atoms with Gasteiger partial charge in [-0.1, -0.05) is 0 Å². The fourth-order valence-corrected chi connectivity index (χ4v) is 1.26. The molecule has 0 atom stereocenters. The number of ether oxygens (including phenoxy) is 1. The number of hydrogen-bond acceptors (Lipinski definition) is 4. The zero-order chi connectivity index (χ0) is 13.9. The molecule has 98 valence electrons. The molecule has 0 aliphatic heterocycles. The number of carbonyl (C=O) groups is 2. The standard InChI is InChI=1S/C12H16N2O4/c1-7-5-9(13-6-8(7)10(15)16)14-11(17)18-12(2,3)4/h5-6H,1-4H3,(H,15,16)(H,13,14,17). The summed E-state index contributed by atoms with van der Waals surface area (Å²) in [6.45, 7) is 6.88. The lowest BCUT2D eigenvalue weighted by molar-refractivity contribution is 0.0634. The van der Waals surface area contributed by atoms with Crippen LogP contribution in [0.1, 0.15) is 36.7 Å². The van der Waals surface area contributed by atoms with Gasteiger partial charge in [0.15, 0.2) is 0 Å². The highest BCUT2D eigenvalue weighted by molar-refractivity contribution is 5.90. The Morgan fingerprint density at radius 2 is 2.00 bits per heavy atom. The van der Waals surface area contributed by atoms with Gasteiger partial charge in [0.2, 0.25) is 0 Å². The van der Waals surface area contributed by atoms with E-state index in [1.54, 1.807) is 27.7 Å². The Kier molecular flexibility index (Phi) is 3.90. The summed E-state index contributed by atoms with van der Waals surface area (Å²) >= 11 is 0. The third-order valence-corrected chi connectivity index (χ3v) is 1.97. The molecule has 0 aromatic carbocycles. The van der Waals surface area contributed by atoms with Crippen LogP contribution in [0, 0.1) is 6.92 Å². The molecule has 0 radical (unpaired) electrons. The molecular weight excluding hydrogens is 236 g/mol. The number of carboxylic acids is 1. The summed E-state index contributed by atoms with van der Waals surface area (Å²) in [5, 5.41) is 11.3. The Bertz CT molecular complexity index is 477. The predicted molar refractivity (Wildman–Crippen MR) is 65.8 cm³/mol. The minimum atomic E-state index is -1.05. The monoisotopic (exact) mass is 252 g/mol. The number of aryl methyl sites for hydroxylation is 1. The van der Waals surface area contributed by atoms with Gasteiger partial charge >= 0.3 is 12.1 Å². The number of nitrogens with one attached hydrogen (secondary N) is 1.